The zero-order valence-corrected chi connectivity index (χ0v) is 16.0. The van der Waals surface area contributed by atoms with Crippen LogP contribution < -0.4 is 0 Å². The van der Waals surface area contributed by atoms with Crippen LogP contribution in [0, 0.1) is 17.7 Å². The van der Waals surface area contributed by atoms with Gasteiger partial charge in [-0.05, 0) is 30.2 Å². The highest BCUT2D eigenvalue weighted by molar-refractivity contribution is 5.89. The van der Waals surface area contributed by atoms with Crippen molar-refractivity contribution in [2.75, 3.05) is 7.11 Å². The van der Waals surface area contributed by atoms with E-state index in [0.29, 0.717) is 5.70 Å². The zero-order chi connectivity index (χ0) is 20.1. The van der Waals surface area contributed by atoms with Crippen molar-refractivity contribution in [2.24, 2.45) is 11.8 Å². The van der Waals surface area contributed by atoms with E-state index in [9.17, 15) is 18.4 Å². The standard InChI is InChI=1S/C21H25F2NO3/c1-13(2)10-20(25)24(19-7-5-6-17(22)14(19)3)12-16-9-8-15(11-18(16)23)21(26)27-4/h5-9,11,13-14,17H,10,12H2,1-4H3. The molecule has 2 rings (SSSR count). The number of allylic oxidation sites excluding steroid dienone is 4. The second kappa shape index (κ2) is 8.93. The molecule has 1 amide bonds. The summed E-state index contributed by atoms with van der Waals surface area (Å²) in [7, 11) is 1.22. The van der Waals surface area contributed by atoms with Gasteiger partial charge in [0.25, 0.3) is 0 Å². The Hall–Kier alpha value is -2.50. The molecule has 4 nitrogen and oxygen atoms in total. The van der Waals surface area contributed by atoms with Crippen LogP contribution in [0.4, 0.5) is 8.78 Å². The van der Waals surface area contributed by atoms with Crippen molar-refractivity contribution in [1.82, 2.24) is 4.90 Å². The van der Waals surface area contributed by atoms with Crippen molar-refractivity contribution in [2.45, 2.75) is 39.9 Å². The number of esters is 1. The number of hydrogen-bond donors (Lipinski definition) is 0. The van der Waals surface area contributed by atoms with Crippen LogP contribution in [0.2, 0.25) is 0 Å². The number of halogens is 2. The number of rotatable bonds is 6. The first-order valence-electron chi connectivity index (χ1n) is 8.94. The summed E-state index contributed by atoms with van der Waals surface area (Å²) in [6.45, 7) is 5.50. The molecule has 1 aromatic rings. The Kier molecular flexibility index (Phi) is 6.88. The molecule has 0 bridgehead atoms. The van der Waals surface area contributed by atoms with Crippen molar-refractivity contribution < 1.29 is 23.1 Å². The maximum absolute atomic E-state index is 14.5. The molecule has 2 unspecified atom stereocenters. The first-order valence-corrected chi connectivity index (χ1v) is 8.94. The first kappa shape index (κ1) is 20.8. The van der Waals surface area contributed by atoms with Crippen molar-refractivity contribution in [1.29, 1.82) is 0 Å². The van der Waals surface area contributed by atoms with Gasteiger partial charge in [0, 0.05) is 23.6 Å². The van der Waals surface area contributed by atoms with Crippen molar-refractivity contribution >= 4 is 11.9 Å². The minimum atomic E-state index is -1.20. The van der Waals surface area contributed by atoms with Crippen LogP contribution in [0.5, 0.6) is 0 Å². The molecule has 146 valence electrons. The molecule has 0 aromatic heterocycles. The lowest BCUT2D eigenvalue weighted by atomic mass is 9.94. The highest BCUT2D eigenvalue weighted by Crippen LogP contribution is 2.29. The minimum absolute atomic E-state index is 0.0322. The van der Waals surface area contributed by atoms with E-state index in [1.807, 2.05) is 13.8 Å². The number of amides is 1. The normalized spacial score (nSPS) is 19.0. The monoisotopic (exact) mass is 377 g/mol. The number of nitrogens with zero attached hydrogens (tertiary/aromatic N) is 1. The summed E-state index contributed by atoms with van der Waals surface area (Å²) in [6, 6.07) is 3.99. The molecule has 6 heteroatoms. The van der Waals surface area contributed by atoms with E-state index in [2.05, 4.69) is 4.74 Å². The van der Waals surface area contributed by atoms with Crippen LogP contribution in [-0.4, -0.2) is 30.1 Å². The number of carbonyl (C=O) groups is 2. The largest absolute Gasteiger partial charge is 0.465 e. The average molecular weight is 377 g/mol. The Morgan fingerprint density at radius 3 is 2.59 bits per heavy atom. The fourth-order valence-electron chi connectivity index (χ4n) is 2.95. The van der Waals surface area contributed by atoms with E-state index in [0.717, 1.165) is 6.07 Å². The van der Waals surface area contributed by atoms with Gasteiger partial charge in [0.1, 0.15) is 12.0 Å². The fraction of sp³-hybridized carbons (Fsp3) is 0.429. The highest BCUT2D eigenvalue weighted by Gasteiger charge is 2.29. The van der Waals surface area contributed by atoms with Crippen molar-refractivity contribution in [3.63, 3.8) is 0 Å². The first-order chi connectivity index (χ1) is 12.7. The van der Waals surface area contributed by atoms with E-state index in [1.165, 1.54) is 30.2 Å². The summed E-state index contributed by atoms with van der Waals surface area (Å²) >= 11 is 0. The molecule has 27 heavy (non-hydrogen) atoms. The van der Waals surface area contributed by atoms with Crippen LogP contribution in [0.15, 0.2) is 42.1 Å². The Bertz CT molecular complexity index is 771. The molecular weight excluding hydrogens is 352 g/mol. The highest BCUT2D eigenvalue weighted by atomic mass is 19.1. The Balaban J connectivity index is 2.35. The molecule has 0 heterocycles. The number of ether oxygens (including phenoxy) is 1. The Morgan fingerprint density at radius 1 is 1.30 bits per heavy atom. The maximum Gasteiger partial charge on any atom is 0.337 e. The molecule has 0 fully saturated rings. The number of alkyl halides is 1. The van der Waals surface area contributed by atoms with Crippen LogP contribution in [0.1, 0.15) is 43.1 Å². The SMILES string of the molecule is COC(=O)c1ccc(CN(C(=O)CC(C)C)C2=CC=CC(F)C2C)c(F)c1. The molecule has 0 radical (unpaired) electrons. The van der Waals surface area contributed by atoms with Crippen molar-refractivity contribution in [3.05, 3.63) is 59.1 Å². The molecule has 0 spiro atoms. The molecule has 0 saturated carbocycles. The summed E-state index contributed by atoms with van der Waals surface area (Å²) in [5.41, 5.74) is 0.862. The quantitative estimate of drug-likeness (QED) is 0.690. The third-order valence-electron chi connectivity index (χ3n) is 4.50. The predicted molar refractivity (Wildman–Crippen MR) is 99.0 cm³/mol. The van der Waals surface area contributed by atoms with Gasteiger partial charge in [-0.2, -0.15) is 0 Å². The van der Waals surface area contributed by atoms with Gasteiger partial charge in [-0.15, -0.1) is 0 Å². The third-order valence-corrected chi connectivity index (χ3v) is 4.50. The van der Waals surface area contributed by atoms with Gasteiger partial charge in [-0.1, -0.05) is 32.9 Å². The number of carbonyl (C=O) groups excluding carboxylic acids is 2. The van der Waals surface area contributed by atoms with Gasteiger partial charge in [-0.3, -0.25) is 4.79 Å². The zero-order valence-electron chi connectivity index (χ0n) is 16.0. The van der Waals surface area contributed by atoms with Gasteiger partial charge in [0.2, 0.25) is 5.91 Å². The summed E-state index contributed by atoms with van der Waals surface area (Å²) in [4.78, 5) is 25.8. The van der Waals surface area contributed by atoms with Crippen molar-refractivity contribution in [3.8, 4) is 0 Å². The van der Waals surface area contributed by atoms with E-state index in [-0.39, 0.29) is 35.9 Å². The van der Waals surface area contributed by atoms with Gasteiger partial charge in [0.05, 0.1) is 19.2 Å². The van der Waals surface area contributed by atoms with Crippen LogP contribution in [0.25, 0.3) is 0 Å². The fourth-order valence-corrected chi connectivity index (χ4v) is 2.95. The smallest absolute Gasteiger partial charge is 0.337 e. The number of methoxy groups -OCH3 is 1. The average Bonchev–Trinajstić information content (AvgIpc) is 2.62. The summed E-state index contributed by atoms with van der Waals surface area (Å²) < 4.78 is 33.2. The molecule has 2 atom stereocenters. The molecule has 1 aliphatic carbocycles. The van der Waals surface area contributed by atoms with E-state index in [1.54, 1.807) is 19.1 Å². The Morgan fingerprint density at radius 2 is 2.00 bits per heavy atom. The Labute approximate surface area is 158 Å². The molecule has 0 N–H and O–H groups in total. The van der Waals surface area contributed by atoms with Crippen LogP contribution in [-0.2, 0) is 16.1 Å². The summed E-state index contributed by atoms with van der Waals surface area (Å²) in [6.07, 6.45) is 3.77. The molecular formula is C21H25F2NO3. The minimum Gasteiger partial charge on any atom is -0.465 e. The molecule has 0 aliphatic heterocycles. The second-order valence-electron chi connectivity index (χ2n) is 7.09. The van der Waals surface area contributed by atoms with Crippen LogP contribution in [0.3, 0.4) is 0 Å². The molecule has 1 aromatic carbocycles. The van der Waals surface area contributed by atoms with E-state index >= 15 is 0 Å². The van der Waals surface area contributed by atoms with Gasteiger partial charge < -0.3 is 9.64 Å². The van der Waals surface area contributed by atoms with Crippen LogP contribution >= 0.6 is 0 Å². The molecule has 1 aliphatic rings. The lowest BCUT2D eigenvalue weighted by Gasteiger charge is -2.32. The summed E-state index contributed by atoms with van der Waals surface area (Å²) in [5, 5.41) is 0. The van der Waals surface area contributed by atoms with Gasteiger partial charge in [0.15, 0.2) is 0 Å². The third kappa shape index (κ3) is 5.02. The van der Waals surface area contributed by atoms with Gasteiger partial charge >= 0.3 is 5.97 Å². The van der Waals surface area contributed by atoms with E-state index < -0.39 is 23.9 Å². The lowest BCUT2D eigenvalue weighted by molar-refractivity contribution is -0.131. The summed E-state index contributed by atoms with van der Waals surface area (Å²) in [5.74, 6) is -1.84. The topological polar surface area (TPSA) is 46.6 Å². The van der Waals surface area contributed by atoms with Gasteiger partial charge in [-0.25, -0.2) is 13.6 Å². The maximum atomic E-state index is 14.5. The van der Waals surface area contributed by atoms with E-state index in [4.69, 9.17) is 0 Å². The predicted octanol–water partition coefficient (Wildman–Crippen LogP) is 4.41. The number of hydrogen-bond acceptors (Lipinski definition) is 3. The second-order valence-corrected chi connectivity index (χ2v) is 7.09. The number of benzene rings is 1. The molecule has 0 saturated heterocycles. The lowest BCUT2D eigenvalue weighted by Crippen LogP contribution is -2.36.